The number of allylic oxidation sites excluding steroid dienone is 2. The standard InChI is InChI=1S/C13H14O2/c14-10-13(15)8-6-12(7-9-13)11-4-2-1-3-5-11/h1-9,12,14-15H,10H2. The fourth-order valence-electron chi connectivity index (χ4n) is 1.66. The molecular formula is C13H14O2. The Balaban J connectivity index is 2.18. The molecule has 2 N–H and O–H groups in total. The molecule has 2 heteroatoms. The molecule has 2 nitrogen and oxygen atoms in total. The summed E-state index contributed by atoms with van der Waals surface area (Å²) in [4.78, 5) is 0. The molecular weight excluding hydrogens is 188 g/mol. The lowest BCUT2D eigenvalue weighted by Gasteiger charge is -2.23. The zero-order valence-corrected chi connectivity index (χ0v) is 8.38. The van der Waals surface area contributed by atoms with E-state index in [0.29, 0.717) is 0 Å². The smallest absolute Gasteiger partial charge is 0.124 e. The first-order valence-electron chi connectivity index (χ1n) is 5.00. The molecule has 0 saturated heterocycles. The van der Waals surface area contributed by atoms with Gasteiger partial charge in [-0.2, -0.15) is 0 Å². The van der Waals surface area contributed by atoms with Crippen LogP contribution >= 0.6 is 0 Å². The molecule has 0 spiro atoms. The predicted molar refractivity (Wildman–Crippen MR) is 59.5 cm³/mol. The molecule has 0 amide bonds. The Hall–Kier alpha value is -1.38. The maximum Gasteiger partial charge on any atom is 0.124 e. The lowest BCUT2D eigenvalue weighted by Crippen LogP contribution is -2.29. The highest BCUT2D eigenvalue weighted by atomic mass is 16.3. The van der Waals surface area contributed by atoms with Crippen LogP contribution in [0, 0.1) is 0 Å². The summed E-state index contributed by atoms with van der Waals surface area (Å²) >= 11 is 0. The largest absolute Gasteiger partial charge is 0.393 e. The number of rotatable bonds is 2. The van der Waals surface area contributed by atoms with E-state index < -0.39 is 5.60 Å². The Labute approximate surface area is 89.2 Å². The molecule has 0 saturated carbocycles. The second kappa shape index (κ2) is 4.01. The summed E-state index contributed by atoms with van der Waals surface area (Å²) in [5.41, 5.74) is 0.00986. The highest BCUT2D eigenvalue weighted by molar-refractivity contribution is 5.34. The van der Waals surface area contributed by atoms with E-state index >= 15 is 0 Å². The summed E-state index contributed by atoms with van der Waals surface area (Å²) in [6.45, 7) is -0.276. The molecule has 0 fully saturated rings. The molecule has 0 radical (unpaired) electrons. The van der Waals surface area contributed by atoms with Crippen LogP contribution in [-0.2, 0) is 0 Å². The van der Waals surface area contributed by atoms with Gasteiger partial charge in [0.2, 0.25) is 0 Å². The first kappa shape index (κ1) is 10.1. The van der Waals surface area contributed by atoms with Crippen LogP contribution in [0.2, 0.25) is 0 Å². The van der Waals surface area contributed by atoms with E-state index in [0.717, 1.165) is 0 Å². The van der Waals surface area contributed by atoms with Crippen LogP contribution in [-0.4, -0.2) is 22.4 Å². The molecule has 78 valence electrons. The van der Waals surface area contributed by atoms with Crippen LogP contribution in [0.3, 0.4) is 0 Å². The molecule has 0 unspecified atom stereocenters. The van der Waals surface area contributed by atoms with Crippen molar-refractivity contribution in [3.8, 4) is 0 Å². The Bertz CT molecular complexity index is 365. The zero-order valence-electron chi connectivity index (χ0n) is 8.38. The van der Waals surface area contributed by atoms with Crippen molar-refractivity contribution >= 4 is 0 Å². The van der Waals surface area contributed by atoms with E-state index in [1.165, 1.54) is 5.56 Å². The number of hydrogen-bond acceptors (Lipinski definition) is 2. The second-order valence-electron chi connectivity index (χ2n) is 3.80. The van der Waals surface area contributed by atoms with Crippen LogP contribution in [0.15, 0.2) is 54.6 Å². The third-order valence-corrected chi connectivity index (χ3v) is 2.62. The molecule has 0 heterocycles. The highest BCUT2D eigenvalue weighted by Gasteiger charge is 2.22. The average molecular weight is 202 g/mol. The number of aliphatic hydroxyl groups is 2. The monoisotopic (exact) mass is 202 g/mol. The molecule has 0 bridgehead atoms. The van der Waals surface area contributed by atoms with Crippen molar-refractivity contribution in [3.05, 3.63) is 60.2 Å². The van der Waals surface area contributed by atoms with Crippen molar-refractivity contribution in [3.63, 3.8) is 0 Å². The second-order valence-corrected chi connectivity index (χ2v) is 3.80. The fourth-order valence-corrected chi connectivity index (χ4v) is 1.66. The fraction of sp³-hybridized carbons (Fsp3) is 0.231. The van der Waals surface area contributed by atoms with E-state index in [1.54, 1.807) is 12.2 Å². The van der Waals surface area contributed by atoms with Gasteiger partial charge < -0.3 is 10.2 Å². The van der Waals surface area contributed by atoms with Crippen molar-refractivity contribution in [2.75, 3.05) is 6.61 Å². The minimum atomic E-state index is -1.18. The maximum atomic E-state index is 9.72. The van der Waals surface area contributed by atoms with Crippen LogP contribution < -0.4 is 0 Å². The SMILES string of the molecule is OCC1(O)C=CC(c2ccccc2)C=C1. The molecule has 1 aliphatic carbocycles. The quantitative estimate of drug-likeness (QED) is 0.715. The van der Waals surface area contributed by atoms with Crippen LogP contribution in [0.5, 0.6) is 0 Å². The highest BCUT2D eigenvalue weighted by Crippen LogP contribution is 2.25. The third-order valence-electron chi connectivity index (χ3n) is 2.62. The van der Waals surface area contributed by atoms with E-state index in [9.17, 15) is 5.11 Å². The van der Waals surface area contributed by atoms with Gasteiger partial charge in [-0.25, -0.2) is 0 Å². The molecule has 1 aromatic carbocycles. The normalized spacial score (nSPS) is 29.3. The van der Waals surface area contributed by atoms with Crippen LogP contribution in [0.4, 0.5) is 0 Å². The molecule has 0 aliphatic heterocycles. The van der Waals surface area contributed by atoms with Gasteiger partial charge in [-0.05, 0) is 5.56 Å². The summed E-state index contributed by atoms with van der Waals surface area (Å²) in [6.07, 6.45) is 7.10. The summed E-state index contributed by atoms with van der Waals surface area (Å²) in [5, 5.41) is 18.7. The predicted octanol–water partition coefficient (Wildman–Crippen LogP) is 1.62. The molecule has 1 aromatic rings. The first-order chi connectivity index (χ1) is 7.23. The number of benzene rings is 1. The third kappa shape index (κ3) is 2.17. The van der Waals surface area contributed by atoms with Crippen LogP contribution in [0.25, 0.3) is 0 Å². The summed E-state index contributed by atoms with van der Waals surface area (Å²) < 4.78 is 0. The van der Waals surface area contributed by atoms with Crippen molar-refractivity contribution < 1.29 is 10.2 Å². The lowest BCUT2D eigenvalue weighted by atomic mass is 9.89. The first-order valence-corrected chi connectivity index (χ1v) is 5.00. The van der Waals surface area contributed by atoms with Crippen molar-refractivity contribution in [2.24, 2.45) is 0 Å². The van der Waals surface area contributed by atoms with Crippen molar-refractivity contribution in [1.29, 1.82) is 0 Å². The average Bonchev–Trinajstić information content (AvgIpc) is 2.31. The summed E-state index contributed by atoms with van der Waals surface area (Å²) in [5.74, 6) is 0.193. The Morgan fingerprint density at radius 2 is 1.67 bits per heavy atom. The van der Waals surface area contributed by atoms with Crippen LogP contribution in [0.1, 0.15) is 11.5 Å². The number of aliphatic hydroxyl groups excluding tert-OH is 1. The molecule has 0 aromatic heterocycles. The summed E-state index contributed by atoms with van der Waals surface area (Å²) in [6, 6.07) is 10.0. The van der Waals surface area contributed by atoms with Gasteiger partial charge in [0.25, 0.3) is 0 Å². The molecule has 15 heavy (non-hydrogen) atoms. The van der Waals surface area contributed by atoms with Gasteiger partial charge in [0, 0.05) is 5.92 Å². The minimum Gasteiger partial charge on any atom is -0.393 e. The van der Waals surface area contributed by atoms with Gasteiger partial charge in [-0.15, -0.1) is 0 Å². The van der Waals surface area contributed by atoms with E-state index in [4.69, 9.17) is 5.11 Å². The zero-order chi connectivity index (χ0) is 10.7. The maximum absolute atomic E-state index is 9.72. The minimum absolute atomic E-state index is 0.193. The van der Waals surface area contributed by atoms with Gasteiger partial charge in [0.15, 0.2) is 0 Å². The van der Waals surface area contributed by atoms with Gasteiger partial charge in [-0.3, -0.25) is 0 Å². The van der Waals surface area contributed by atoms with Crippen molar-refractivity contribution in [2.45, 2.75) is 11.5 Å². The van der Waals surface area contributed by atoms with Gasteiger partial charge in [0.05, 0.1) is 6.61 Å². The lowest BCUT2D eigenvalue weighted by molar-refractivity contribution is 0.0663. The van der Waals surface area contributed by atoms with E-state index in [2.05, 4.69) is 0 Å². The molecule has 2 rings (SSSR count). The van der Waals surface area contributed by atoms with E-state index in [1.807, 2.05) is 42.5 Å². The van der Waals surface area contributed by atoms with Gasteiger partial charge >= 0.3 is 0 Å². The topological polar surface area (TPSA) is 40.5 Å². The molecule has 0 atom stereocenters. The number of hydrogen-bond donors (Lipinski definition) is 2. The Morgan fingerprint density at radius 3 is 2.20 bits per heavy atom. The Kier molecular flexibility index (Phi) is 2.71. The van der Waals surface area contributed by atoms with Crippen molar-refractivity contribution in [1.82, 2.24) is 0 Å². The summed E-state index contributed by atoms with van der Waals surface area (Å²) in [7, 11) is 0. The van der Waals surface area contributed by atoms with Gasteiger partial charge in [-0.1, -0.05) is 54.6 Å². The van der Waals surface area contributed by atoms with Gasteiger partial charge in [0.1, 0.15) is 5.60 Å². The Morgan fingerprint density at radius 1 is 1.07 bits per heavy atom. The van der Waals surface area contributed by atoms with E-state index in [-0.39, 0.29) is 12.5 Å². The molecule has 1 aliphatic rings.